The number of ketones is 1. The van der Waals surface area contributed by atoms with Crippen LogP contribution in [-0.4, -0.2) is 17.6 Å². The molecule has 1 aliphatic heterocycles. The van der Waals surface area contributed by atoms with Gasteiger partial charge < -0.3 is 10.2 Å². The fraction of sp³-hybridized carbons (Fsp3) is 0.0870. The molecule has 5 nitrogen and oxygen atoms in total. The number of rotatable bonds is 3. The molecule has 0 unspecified atom stereocenters. The number of amidine groups is 1. The Hall–Kier alpha value is -3.73. The standard InChI is InChI=1S/C23H19N3O2/c1-16(27)17-11-13-20(14-12-17)26-15-18-7-5-6-10-21(18)22(26)25-23(28)24-19-8-3-2-4-9-19/h2-14H,15H2,1H3,(H,24,28)/b25-22+. The molecule has 0 saturated heterocycles. The lowest BCUT2D eigenvalue weighted by atomic mass is 10.1. The number of Topliss-reactive ketones (excluding diaryl/α,β-unsaturated/α-hetero) is 1. The fourth-order valence-corrected chi connectivity index (χ4v) is 3.25. The summed E-state index contributed by atoms with van der Waals surface area (Å²) in [5.74, 6) is 0.618. The Kier molecular flexibility index (Phi) is 4.72. The first-order chi connectivity index (χ1) is 13.6. The van der Waals surface area contributed by atoms with E-state index in [1.807, 2.05) is 71.6 Å². The monoisotopic (exact) mass is 369 g/mol. The van der Waals surface area contributed by atoms with Gasteiger partial charge >= 0.3 is 6.03 Å². The zero-order valence-corrected chi connectivity index (χ0v) is 15.4. The molecule has 1 N–H and O–H groups in total. The average Bonchev–Trinajstić information content (AvgIpc) is 3.07. The van der Waals surface area contributed by atoms with Crippen molar-refractivity contribution in [3.05, 3.63) is 95.6 Å². The molecule has 0 aliphatic carbocycles. The molecule has 0 bridgehead atoms. The van der Waals surface area contributed by atoms with Crippen LogP contribution in [0.25, 0.3) is 0 Å². The number of urea groups is 1. The van der Waals surface area contributed by atoms with Crippen LogP contribution in [0.1, 0.15) is 28.4 Å². The van der Waals surface area contributed by atoms with Gasteiger partial charge in [-0.15, -0.1) is 0 Å². The van der Waals surface area contributed by atoms with Crippen LogP contribution in [0.2, 0.25) is 0 Å². The summed E-state index contributed by atoms with van der Waals surface area (Å²) in [7, 11) is 0. The van der Waals surface area contributed by atoms with Crippen molar-refractivity contribution < 1.29 is 9.59 Å². The first-order valence-electron chi connectivity index (χ1n) is 9.03. The van der Waals surface area contributed by atoms with Gasteiger partial charge in [0.25, 0.3) is 0 Å². The van der Waals surface area contributed by atoms with Crippen LogP contribution < -0.4 is 10.2 Å². The lowest BCUT2D eigenvalue weighted by molar-refractivity contribution is 0.101. The number of hydrogen-bond donors (Lipinski definition) is 1. The number of fused-ring (bicyclic) bond motifs is 1. The summed E-state index contributed by atoms with van der Waals surface area (Å²) in [6, 6.07) is 24.1. The Morgan fingerprint density at radius 1 is 0.893 bits per heavy atom. The smallest absolute Gasteiger partial charge is 0.321 e. The van der Waals surface area contributed by atoms with Crippen LogP contribution in [-0.2, 0) is 6.54 Å². The van der Waals surface area contributed by atoms with Crippen LogP contribution in [0.3, 0.4) is 0 Å². The van der Waals surface area contributed by atoms with E-state index in [4.69, 9.17) is 0 Å². The van der Waals surface area contributed by atoms with E-state index in [9.17, 15) is 9.59 Å². The number of carbonyl (C=O) groups is 2. The molecule has 0 fully saturated rings. The van der Waals surface area contributed by atoms with Gasteiger partial charge in [-0.1, -0.05) is 42.5 Å². The van der Waals surface area contributed by atoms with E-state index in [0.29, 0.717) is 23.6 Å². The Morgan fingerprint density at radius 3 is 2.29 bits per heavy atom. The van der Waals surface area contributed by atoms with E-state index in [1.54, 1.807) is 19.1 Å². The molecule has 1 aliphatic rings. The maximum absolute atomic E-state index is 12.5. The van der Waals surface area contributed by atoms with Crippen molar-refractivity contribution in [2.24, 2.45) is 4.99 Å². The van der Waals surface area contributed by atoms with E-state index in [2.05, 4.69) is 10.3 Å². The second-order valence-corrected chi connectivity index (χ2v) is 6.58. The number of nitrogens with zero attached hydrogens (tertiary/aromatic N) is 2. The van der Waals surface area contributed by atoms with Crippen molar-refractivity contribution >= 4 is 29.0 Å². The van der Waals surface area contributed by atoms with Crippen molar-refractivity contribution in [2.75, 3.05) is 10.2 Å². The number of para-hydroxylation sites is 1. The number of carbonyl (C=O) groups excluding carboxylic acids is 2. The summed E-state index contributed by atoms with van der Waals surface area (Å²) in [6.45, 7) is 2.16. The highest BCUT2D eigenvalue weighted by atomic mass is 16.2. The molecule has 2 amide bonds. The predicted octanol–water partition coefficient (Wildman–Crippen LogP) is 4.89. The maximum atomic E-state index is 12.5. The van der Waals surface area contributed by atoms with Crippen molar-refractivity contribution in [1.82, 2.24) is 0 Å². The minimum Gasteiger partial charge on any atom is -0.321 e. The fourth-order valence-electron chi connectivity index (χ4n) is 3.25. The Labute approximate surface area is 163 Å². The first-order valence-corrected chi connectivity index (χ1v) is 9.03. The number of benzene rings is 3. The van der Waals surface area contributed by atoms with Gasteiger partial charge in [0.2, 0.25) is 0 Å². The molecular weight excluding hydrogens is 350 g/mol. The summed E-state index contributed by atoms with van der Waals surface area (Å²) in [5, 5.41) is 2.80. The van der Waals surface area contributed by atoms with Gasteiger partial charge in [-0.05, 0) is 48.9 Å². The molecule has 28 heavy (non-hydrogen) atoms. The zero-order valence-electron chi connectivity index (χ0n) is 15.4. The van der Waals surface area contributed by atoms with Gasteiger partial charge in [-0.25, -0.2) is 4.79 Å². The minimum absolute atomic E-state index is 0.0207. The van der Waals surface area contributed by atoms with Crippen LogP contribution in [0, 0.1) is 0 Å². The Bertz CT molecular complexity index is 1060. The molecule has 0 aromatic heterocycles. The molecule has 0 radical (unpaired) electrons. The van der Waals surface area contributed by atoms with E-state index in [0.717, 1.165) is 16.8 Å². The molecule has 3 aromatic carbocycles. The van der Waals surface area contributed by atoms with Crippen molar-refractivity contribution in [3.63, 3.8) is 0 Å². The average molecular weight is 369 g/mol. The van der Waals surface area contributed by atoms with E-state index in [-0.39, 0.29) is 5.78 Å². The molecule has 1 heterocycles. The van der Waals surface area contributed by atoms with Crippen LogP contribution in [0.4, 0.5) is 16.2 Å². The van der Waals surface area contributed by atoms with Gasteiger partial charge in [0.15, 0.2) is 5.78 Å². The third-order valence-electron chi connectivity index (χ3n) is 4.66. The second-order valence-electron chi connectivity index (χ2n) is 6.58. The third kappa shape index (κ3) is 3.55. The van der Waals surface area contributed by atoms with Gasteiger partial charge in [0, 0.05) is 22.5 Å². The Morgan fingerprint density at radius 2 is 1.57 bits per heavy atom. The minimum atomic E-state index is -0.428. The number of anilines is 2. The third-order valence-corrected chi connectivity index (χ3v) is 4.66. The zero-order chi connectivity index (χ0) is 19.5. The number of aliphatic imine (C=N–C) groups is 1. The normalized spacial score (nSPS) is 14.0. The van der Waals surface area contributed by atoms with Crippen LogP contribution in [0.5, 0.6) is 0 Å². The number of hydrogen-bond acceptors (Lipinski definition) is 2. The van der Waals surface area contributed by atoms with Crippen LogP contribution >= 0.6 is 0 Å². The van der Waals surface area contributed by atoms with Crippen LogP contribution in [0.15, 0.2) is 83.9 Å². The van der Waals surface area contributed by atoms with Gasteiger partial charge in [0.05, 0.1) is 6.54 Å². The number of nitrogens with one attached hydrogen (secondary N) is 1. The van der Waals surface area contributed by atoms with Crippen molar-refractivity contribution in [3.8, 4) is 0 Å². The van der Waals surface area contributed by atoms with Gasteiger partial charge in [-0.2, -0.15) is 4.99 Å². The molecule has 4 rings (SSSR count). The molecule has 138 valence electrons. The van der Waals surface area contributed by atoms with Gasteiger partial charge in [0.1, 0.15) is 5.84 Å². The van der Waals surface area contributed by atoms with E-state index >= 15 is 0 Å². The highest BCUT2D eigenvalue weighted by Crippen LogP contribution is 2.29. The van der Waals surface area contributed by atoms with Gasteiger partial charge in [-0.3, -0.25) is 4.79 Å². The summed E-state index contributed by atoms with van der Waals surface area (Å²) in [5.41, 5.74) is 4.26. The summed E-state index contributed by atoms with van der Waals surface area (Å²) >= 11 is 0. The number of amides is 2. The van der Waals surface area contributed by atoms with Crippen molar-refractivity contribution in [2.45, 2.75) is 13.5 Å². The first kappa shape index (κ1) is 17.7. The predicted molar refractivity (Wildman–Crippen MR) is 111 cm³/mol. The summed E-state index contributed by atoms with van der Waals surface area (Å²) in [4.78, 5) is 30.4. The van der Waals surface area contributed by atoms with E-state index < -0.39 is 6.03 Å². The van der Waals surface area contributed by atoms with E-state index in [1.165, 1.54) is 0 Å². The largest absolute Gasteiger partial charge is 0.347 e. The lowest BCUT2D eigenvalue weighted by Gasteiger charge is -2.19. The molecule has 0 spiro atoms. The maximum Gasteiger partial charge on any atom is 0.347 e. The highest BCUT2D eigenvalue weighted by Gasteiger charge is 2.27. The summed E-state index contributed by atoms with van der Waals surface area (Å²) < 4.78 is 0. The quantitative estimate of drug-likeness (QED) is 0.669. The second kappa shape index (κ2) is 7.48. The molecule has 5 heteroatoms. The highest BCUT2D eigenvalue weighted by molar-refractivity contribution is 6.18. The topological polar surface area (TPSA) is 61.8 Å². The SMILES string of the molecule is CC(=O)c1ccc(N2Cc3ccccc3/C2=N\C(=O)Nc2ccccc2)cc1. The lowest BCUT2D eigenvalue weighted by Crippen LogP contribution is -2.26. The molecule has 3 aromatic rings. The molecule has 0 atom stereocenters. The van der Waals surface area contributed by atoms with Crippen molar-refractivity contribution in [1.29, 1.82) is 0 Å². The Balaban J connectivity index is 1.68. The molecule has 0 saturated carbocycles. The molecular formula is C23H19N3O2. The summed E-state index contributed by atoms with van der Waals surface area (Å²) in [6.07, 6.45) is 0.